The van der Waals surface area contributed by atoms with Gasteiger partial charge in [0.1, 0.15) is 4.83 Å². The third-order valence-electron chi connectivity index (χ3n) is 2.47. The predicted molar refractivity (Wildman–Crippen MR) is 62.4 cm³/mol. The van der Waals surface area contributed by atoms with Crippen LogP contribution in [0.4, 0.5) is 0 Å². The molecule has 2 rings (SSSR count). The molecule has 6 heteroatoms. The molecule has 0 saturated heterocycles. The minimum Gasteiger partial charge on any atom is -0.274 e. The lowest BCUT2D eigenvalue weighted by atomic mass is 10.3. The van der Waals surface area contributed by atoms with Gasteiger partial charge in [0.25, 0.3) is 5.91 Å². The van der Waals surface area contributed by atoms with Crippen molar-refractivity contribution < 1.29 is 9.63 Å². The van der Waals surface area contributed by atoms with Crippen molar-refractivity contribution in [2.45, 2.75) is 6.92 Å². The van der Waals surface area contributed by atoms with Crippen molar-refractivity contribution in [2.24, 2.45) is 7.05 Å². The fourth-order valence-electron chi connectivity index (χ4n) is 1.55. The van der Waals surface area contributed by atoms with E-state index in [0.29, 0.717) is 4.88 Å². The van der Waals surface area contributed by atoms with Gasteiger partial charge in [-0.25, -0.2) is 5.06 Å². The second-order valence-corrected chi connectivity index (χ2v) is 4.55. The molecule has 0 spiro atoms. The zero-order chi connectivity index (χ0) is 11.9. The Morgan fingerprint density at radius 2 is 2.31 bits per heavy atom. The molecule has 0 fully saturated rings. The van der Waals surface area contributed by atoms with Crippen molar-refractivity contribution in [3.05, 3.63) is 16.6 Å². The molecule has 0 radical (unpaired) electrons. The first kappa shape index (κ1) is 11.1. The minimum absolute atomic E-state index is 0.136. The van der Waals surface area contributed by atoms with Gasteiger partial charge in [0.05, 0.1) is 17.7 Å². The maximum Gasteiger partial charge on any atom is 0.287 e. The van der Waals surface area contributed by atoms with E-state index in [1.54, 1.807) is 11.7 Å². The maximum atomic E-state index is 11.8. The third-order valence-corrected chi connectivity index (χ3v) is 3.66. The molecular formula is C10H13N3O2S. The number of carbonyl (C=O) groups is 1. The third kappa shape index (κ3) is 1.60. The molecule has 86 valence electrons. The summed E-state index contributed by atoms with van der Waals surface area (Å²) in [6.07, 6.45) is 0. The van der Waals surface area contributed by atoms with Crippen molar-refractivity contribution in [1.82, 2.24) is 14.8 Å². The fraction of sp³-hybridized carbons (Fsp3) is 0.400. The van der Waals surface area contributed by atoms with Crippen LogP contribution >= 0.6 is 11.3 Å². The molecule has 0 aliphatic rings. The Bertz CT molecular complexity index is 509. The zero-order valence-corrected chi connectivity index (χ0v) is 10.5. The molecule has 0 aliphatic carbocycles. The molecule has 0 aromatic carbocycles. The Kier molecular flexibility index (Phi) is 2.69. The average Bonchev–Trinajstić information content (AvgIpc) is 2.80. The lowest BCUT2D eigenvalue weighted by Gasteiger charge is -2.11. The normalized spacial score (nSPS) is 11.0. The Morgan fingerprint density at radius 3 is 2.88 bits per heavy atom. The molecule has 0 saturated carbocycles. The summed E-state index contributed by atoms with van der Waals surface area (Å²) >= 11 is 1.43. The molecule has 0 N–H and O–H groups in total. The van der Waals surface area contributed by atoms with E-state index in [0.717, 1.165) is 15.9 Å². The summed E-state index contributed by atoms with van der Waals surface area (Å²) in [7, 11) is 4.94. The fourth-order valence-corrected chi connectivity index (χ4v) is 2.64. The van der Waals surface area contributed by atoms with Gasteiger partial charge in [0.15, 0.2) is 0 Å². The smallest absolute Gasteiger partial charge is 0.274 e. The standard InChI is InChI=1S/C10H13N3O2S/c1-6-7-5-8(9(14)13(3)15-4)16-10(7)12(2)11-6/h5H,1-4H3. The second kappa shape index (κ2) is 3.88. The van der Waals surface area contributed by atoms with Gasteiger partial charge in [-0.1, -0.05) is 0 Å². The SMILES string of the molecule is CON(C)C(=O)c1cc2c(C)nn(C)c2s1. The minimum atomic E-state index is -0.136. The maximum absolute atomic E-state index is 11.8. The molecule has 0 aliphatic heterocycles. The van der Waals surface area contributed by atoms with Crippen LogP contribution < -0.4 is 0 Å². The summed E-state index contributed by atoms with van der Waals surface area (Å²) in [5, 5.41) is 6.53. The molecular weight excluding hydrogens is 226 g/mol. The number of hydrogen-bond donors (Lipinski definition) is 0. The van der Waals surface area contributed by atoms with E-state index >= 15 is 0 Å². The number of aryl methyl sites for hydroxylation is 2. The predicted octanol–water partition coefficient (Wildman–Crippen LogP) is 1.58. The Morgan fingerprint density at radius 1 is 1.62 bits per heavy atom. The highest BCUT2D eigenvalue weighted by Crippen LogP contribution is 2.28. The summed E-state index contributed by atoms with van der Waals surface area (Å²) < 4.78 is 1.79. The number of nitrogens with zero attached hydrogens (tertiary/aromatic N) is 3. The topological polar surface area (TPSA) is 47.4 Å². The van der Waals surface area contributed by atoms with Gasteiger partial charge in [-0.2, -0.15) is 5.10 Å². The molecule has 5 nitrogen and oxygen atoms in total. The van der Waals surface area contributed by atoms with Crippen LogP contribution in [0.3, 0.4) is 0 Å². The van der Waals surface area contributed by atoms with E-state index < -0.39 is 0 Å². The summed E-state index contributed by atoms with van der Waals surface area (Å²) in [5.41, 5.74) is 0.938. The summed E-state index contributed by atoms with van der Waals surface area (Å²) in [6, 6.07) is 1.86. The summed E-state index contributed by atoms with van der Waals surface area (Å²) in [6.45, 7) is 1.93. The zero-order valence-electron chi connectivity index (χ0n) is 9.64. The van der Waals surface area contributed by atoms with Crippen LogP contribution in [0.15, 0.2) is 6.07 Å². The number of amides is 1. The van der Waals surface area contributed by atoms with Gasteiger partial charge in [0.2, 0.25) is 0 Å². The number of aromatic nitrogens is 2. The van der Waals surface area contributed by atoms with Crippen LogP contribution in [0.5, 0.6) is 0 Å². The first-order valence-corrected chi connectivity index (χ1v) is 5.61. The quantitative estimate of drug-likeness (QED) is 0.747. The molecule has 1 amide bonds. The van der Waals surface area contributed by atoms with E-state index in [2.05, 4.69) is 5.10 Å². The molecule has 0 atom stereocenters. The highest BCUT2D eigenvalue weighted by atomic mass is 32.1. The first-order valence-electron chi connectivity index (χ1n) is 4.80. The van der Waals surface area contributed by atoms with Crippen molar-refractivity contribution >= 4 is 27.5 Å². The van der Waals surface area contributed by atoms with Gasteiger partial charge in [-0.3, -0.25) is 14.3 Å². The van der Waals surface area contributed by atoms with Crippen LogP contribution in [0.2, 0.25) is 0 Å². The number of hydrogen-bond acceptors (Lipinski definition) is 4. The van der Waals surface area contributed by atoms with E-state index in [1.807, 2.05) is 20.0 Å². The van der Waals surface area contributed by atoms with Crippen LogP contribution in [0.25, 0.3) is 10.2 Å². The lowest BCUT2D eigenvalue weighted by molar-refractivity contribution is -0.0753. The second-order valence-electron chi connectivity index (χ2n) is 3.52. The first-order chi connectivity index (χ1) is 7.54. The number of hydroxylamine groups is 2. The van der Waals surface area contributed by atoms with Gasteiger partial charge in [-0.15, -0.1) is 11.3 Å². The number of carbonyl (C=O) groups excluding carboxylic acids is 1. The Balaban J connectivity index is 2.48. The van der Waals surface area contributed by atoms with Crippen molar-refractivity contribution in [3.63, 3.8) is 0 Å². The molecule has 2 heterocycles. The van der Waals surface area contributed by atoms with Crippen LogP contribution in [-0.2, 0) is 11.9 Å². The van der Waals surface area contributed by atoms with Gasteiger partial charge in [0, 0.05) is 19.5 Å². The molecule has 2 aromatic rings. The van der Waals surface area contributed by atoms with Crippen molar-refractivity contribution in [3.8, 4) is 0 Å². The number of fused-ring (bicyclic) bond motifs is 1. The van der Waals surface area contributed by atoms with Gasteiger partial charge in [-0.05, 0) is 13.0 Å². The highest BCUT2D eigenvalue weighted by Gasteiger charge is 2.17. The van der Waals surface area contributed by atoms with Gasteiger partial charge < -0.3 is 0 Å². The monoisotopic (exact) mass is 239 g/mol. The van der Waals surface area contributed by atoms with Gasteiger partial charge >= 0.3 is 0 Å². The van der Waals surface area contributed by atoms with Crippen LogP contribution in [-0.4, -0.2) is 34.9 Å². The average molecular weight is 239 g/mol. The summed E-state index contributed by atoms with van der Waals surface area (Å²) in [5.74, 6) is -0.136. The van der Waals surface area contributed by atoms with E-state index in [9.17, 15) is 4.79 Å². The van der Waals surface area contributed by atoms with Crippen LogP contribution in [0, 0.1) is 6.92 Å². The number of rotatable bonds is 2. The van der Waals surface area contributed by atoms with E-state index in [1.165, 1.54) is 23.5 Å². The molecule has 16 heavy (non-hydrogen) atoms. The molecule has 2 aromatic heterocycles. The Hall–Kier alpha value is -1.40. The Labute approximate surface area is 97.2 Å². The molecule has 0 bridgehead atoms. The van der Waals surface area contributed by atoms with Crippen LogP contribution in [0.1, 0.15) is 15.4 Å². The largest absolute Gasteiger partial charge is 0.287 e. The molecule has 0 unspecified atom stereocenters. The van der Waals surface area contributed by atoms with Crippen molar-refractivity contribution in [2.75, 3.05) is 14.2 Å². The lowest BCUT2D eigenvalue weighted by Crippen LogP contribution is -2.24. The summed E-state index contributed by atoms with van der Waals surface area (Å²) in [4.78, 5) is 18.4. The van der Waals surface area contributed by atoms with E-state index in [-0.39, 0.29) is 5.91 Å². The van der Waals surface area contributed by atoms with Crippen molar-refractivity contribution in [1.29, 1.82) is 0 Å². The van der Waals surface area contributed by atoms with E-state index in [4.69, 9.17) is 4.84 Å². The highest BCUT2D eigenvalue weighted by molar-refractivity contribution is 7.20. The number of thiophene rings is 1.